The molecule has 1 fully saturated rings. The van der Waals surface area contributed by atoms with E-state index in [0.29, 0.717) is 12.8 Å². The van der Waals surface area contributed by atoms with Crippen molar-refractivity contribution in [2.24, 2.45) is 5.92 Å². The average molecular weight is 914 g/mol. The molecule has 1 saturated heterocycles. The van der Waals surface area contributed by atoms with E-state index in [2.05, 4.69) is 31.9 Å². The van der Waals surface area contributed by atoms with E-state index in [1.807, 2.05) is 30.3 Å². The topological polar surface area (TPSA) is 279 Å². The lowest BCUT2D eigenvalue weighted by Gasteiger charge is -2.32. The minimum atomic E-state index is -1.42. The molecular weight excluding hydrogens is 851 g/mol. The maximum Gasteiger partial charge on any atom is 0.326 e. The van der Waals surface area contributed by atoms with E-state index in [1.165, 1.54) is 25.4 Å². The number of carboxylic acid groups (broad SMARTS) is 1. The molecule has 1 heterocycles. The normalized spacial score (nSPS) is 22.1. The molecule has 0 aromatic heterocycles. The Morgan fingerprint density at radius 2 is 1.47 bits per heavy atom. The third-order valence-corrected chi connectivity index (χ3v) is 11.8. The molecule has 1 aliphatic heterocycles. The zero-order chi connectivity index (χ0) is 47.3. The van der Waals surface area contributed by atoms with E-state index in [4.69, 9.17) is 4.74 Å². The number of nitrogens with one attached hydrogen (secondary N) is 6. The van der Waals surface area contributed by atoms with Crippen LogP contribution in [-0.4, -0.2) is 135 Å². The number of ether oxygens (including phenoxy) is 1. The average Bonchev–Trinajstić information content (AvgIpc) is 3.26. The number of esters is 1. The lowest BCUT2D eigenvalue weighted by Crippen LogP contribution is -2.60. The maximum absolute atomic E-state index is 14.7. The van der Waals surface area contributed by atoms with Crippen LogP contribution < -0.4 is 31.9 Å². The molecule has 2 aromatic carbocycles. The van der Waals surface area contributed by atoms with Crippen molar-refractivity contribution >= 4 is 58.3 Å². The number of hydrogen-bond acceptors (Lipinski definition) is 11. The van der Waals surface area contributed by atoms with Crippen molar-refractivity contribution in [3.63, 3.8) is 0 Å². The minimum Gasteiger partial charge on any atom is -0.508 e. The third kappa shape index (κ3) is 17.6. The number of urea groups is 1. The number of carboxylic acids is 1. The minimum absolute atomic E-state index is 0.0139. The van der Waals surface area contributed by atoms with Gasteiger partial charge in [0.2, 0.25) is 29.5 Å². The first-order valence-electron chi connectivity index (χ1n) is 21.4. The number of carbonyl (C=O) groups excluding carboxylic acids is 7. The first kappa shape index (κ1) is 52.3. The smallest absolute Gasteiger partial charge is 0.326 e. The van der Waals surface area contributed by atoms with Crippen LogP contribution >= 0.6 is 0 Å². The molecular formula is C44H63N7O12S. The summed E-state index contributed by atoms with van der Waals surface area (Å²) < 4.78 is 17.5. The Morgan fingerprint density at radius 3 is 2.09 bits per heavy atom. The van der Waals surface area contributed by atoms with Gasteiger partial charge in [-0.2, -0.15) is 0 Å². The van der Waals surface area contributed by atoms with Crippen molar-refractivity contribution in [3.05, 3.63) is 65.7 Å². The molecule has 0 bridgehead atoms. The second-order valence-electron chi connectivity index (χ2n) is 15.9. The monoisotopic (exact) mass is 913 g/mol. The predicted molar refractivity (Wildman–Crippen MR) is 237 cm³/mol. The van der Waals surface area contributed by atoms with E-state index in [1.54, 1.807) is 26.0 Å². The van der Waals surface area contributed by atoms with Gasteiger partial charge >= 0.3 is 18.0 Å². The second kappa shape index (κ2) is 26.5. The van der Waals surface area contributed by atoms with E-state index >= 15 is 0 Å². The highest BCUT2D eigenvalue weighted by Gasteiger charge is 2.36. The van der Waals surface area contributed by atoms with Crippen LogP contribution in [0.15, 0.2) is 54.6 Å². The van der Waals surface area contributed by atoms with Crippen molar-refractivity contribution in [1.29, 1.82) is 0 Å². The Kier molecular flexibility index (Phi) is 21.7. The number of aliphatic carboxylic acids is 1. The predicted octanol–water partition coefficient (Wildman–Crippen LogP) is 1.04. The van der Waals surface area contributed by atoms with Crippen LogP contribution in [-0.2, 0) is 61.9 Å². The van der Waals surface area contributed by atoms with Crippen molar-refractivity contribution < 1.29 is 57.5 Å². The fourth-order valence-corrected chi connectivity index (χ4v) is 7.50. The Hall–Kier alpha value is -6.05. The Balaban J connectivity index is 2.09. The first-order valence-corrected chi connectivity index (χ1v) is 23.1. The molecule has 19 nitrogen and oxygen atoms in total. The van der Waals surface area contributed by atoms with Crippen LogP contribution in [0.1, 0.15) is 76.8 Å². The van der Waals surface area contributed by atoms with Gasteiger partial charge < -0.3 is 51.8 Å². The standard InChI is InChI=1S/C44H63N7O12S/c1-6-27(2)37(43(59)60)50-44(61)49-32-14-10-11-24-45-38(54)35(26-63-28(3)52)48-41(57)36(22-18-30-15-19-31(53)20-16-30)51(4)42(58)34(21-17-29-12-8-7-9-13-29)47-40(56)33(46-39(32)55)23-25-64(5)62/h7-9,12-13,15-16,19-20,27,32-37,53H,6,10-11,14,17-18,21-26H2,1-5H3,(H,45,54)(H,46,55)(H,47,56)(H,48,57)(H,59,60)(H2,49,50,61)/t27-,32?,33?,34+,35?,36+,37-,64?/m1/s1. The fourth-order valence-electron chi connectivity index (χ4n) is 6.93. The zero-order valence-electron chi connectivity index (χ0n) is 37.1. The molecule has 352 valence electrons. The fraction of sp³-hybridized carbons (Fsp3) is 0.545. The lowest BCUT2D eigenvalue weighted by molar-refractivity contribution is -0.146. The van der Waals surface area contributed by atoms with Gasteiger partial charge in [0, 0.05) is 43.3 Å². The second-order valence-corrected chi connectivity index (χ2v) is 17.5. The molecule has 3 rings (SSSR count). The summed E-state index contributed by atoms with van der Waals surface area (Å²) in [5, 5.41) is 35.3. The van der Waals surface area contributed by atoms with Gasteiger partial charge in [-0.05, 0) is 80.5 Å². The number of carbonyl (C=O) groups is 8. The molecule has 7 amide bonds. The van der Waals surface area contributed by atoms with Crippen LogP contribution in [0, 0.1) is 5.92 Å². The highest BCUT2D eigenvalue weighted by atomic mass is 32.2. The number of benzene rings is 2. The molecule has 8 atom stereocenters. The Morgan fingerprint density at radius 1 is 0.844 bits per heavy atom. The summed E-state index contributed by atoms with van der Waals surface area (Å²) >= 11 is 0. The summed E-state index contributed by atoms with van der Waals surface area (Å²) in [5.41, 5.74) is 1.56. The zero-order valence-corrected chi connectivity index (χ0v) is 37.9. The molecule has 4 unspecified atom stereocenters. The van der Waals surface area contributed by atoms with Crippen LogP contribution in [0.25, 0.3) is 0 Å². The number of rotatable bonds is 16. The molecule has 0 radical (unpaired) electrons. The molecule has 20 heteroatoms. The first-order chi connectivity index (χ1) is 30.4. The van der Waals surface area contributed by atoms with Gasteiger partial charge in [-0.1, -0.05) is 62.7 Å². The van der Waals surface area contributed by atoms with Gasteiger partial charge in [-0.15, -0.1) is 0 Å². The van der Waals surface area contributed by atoms with Gasteiger partial charge in [0.15, 0.2) is 0 Å². The van der Waals surface area contributed by atoms with Gasteiger partial charge in [-0.3, -0.25) is 33.0 Å². The Labute approximate surface area is 376 Å². The van der Waals surface area contributed by atoms with Gasteiger partial charge in [0.1, 0.15) is 48.6 Å². The van der Waals surface area contributed by atoms with Crippen molar-refractivity contribution in [2.45, 2.75) is 115 Å². The quantitative estimate of drug-likeness (QED) is 0.110. The van der Waals surface area contributed by atoms with Crippen molar-refractivity contribution in [1.82, 2.24) is 36.8 Å². The number of hydrogen-bond donors (Lipinski definition) is 8. The van der Waals surface area contributed by atoms with Gasteiger partial charge in [-0.25, -0.2) is 9.59 Å². The van der Waals surface area contributed by atoms with Gasteiger partial charge in [0.25, 0.3) is 0 Å². The summed E-state index contributed by atoms with van der Waals surface area (Å²) in [6.07, 6.45) is 2.74. The van der Waals surface area contributed by atoms with Crippen LogP contribution in [0.5, 0.6) is 5.75 Å². The summed E-state index contributed by atoms with van der Waals surface area (Å²) in [4.78, 5) is 109. The molecule has 0 aliphatic carbocycles. The molecule has 64 heavy (non-hydrogen) atoms. The highest BCUT2D eigenvalue weighted by molar-refractivity contribution is 7.84. The molecule has 0 saturated carbocycles. The third-order valence-electron chi connectivity index (χ3n) is 11.0. The van der Waals surface area contributed by atoms with Crippen LogP contribution in [0.2, 0.25) is 0 Å². The lowest BCUT2D eigenvalue weighted by atomic mass is 9.99. The molecule has 0 spiro atoms. The molecule has 8 N–H and O–H groups in total. The summed E-state index contributed by atoms with van der Waals surface area (Å²) in [6, 6.07) is 6.56. The highest BCUT2D eigenvalue weighted by Crippen LogP contribution is 2.17. The summed E-state index contributed by atoms with van der Waals surface area (Å²) in [5.74, 6) is -6.22. The van der Waals surface area contributed by atoms with E-state index in [0.717, 1.165) is 23.0 Å². The van der Waals surface area contributed by atoms with E-state index in [9.17, 15) is 52.8 Å². The number of aryl methyl sites for hydroxylation is 2. The maximum atomic E-state index is 14.7. The summed E-state index contributed by atoms with van der Waals surface area (Å²) in [6.45, 7) is 4.02. The number of aromatic hydroxyl groups is 1. The van der Waals surface area contributed by atoms with E-state index in [-0.39, 0.29) is 63.0 Å². The van der Waals surface area contributed by atoms with Crippen molar-refractivity contribution in [2.75, 3.05) is 32.2 Å². The van der Waals surface area contributed by atoms with Crippen LogP contribution in [0.3, 0.4) is 0 Å². The largest absolute Gasteiger partial charge is 0.508 e. The number of phenols is 1. The number of likely N-dealkylation sites (N-methyl/N-ethyl adjacent to an activating group) is 1. The van der Waals surface area contributed by atoms with Crippen molar-refractivity contribution in [3.8, 4) is 5.75 Å². The Bertz CT molecular complexity index is 1940. The van der Waals surface area contributed by atoms with Gasteiger partial charge in [0.05, 0.1) is 0 Å². The van der Waals surface area contributed by atoms with E-state index < -0.39 is 107 Å². The number of phenolic OH excluding ortho intramolecular Hbond substituents is 1. The molecule has 2 aromatic rings. The molecule has 1 aliphatic rings. The SMILES string of the molecule is CC[C@@H](C)[C@@H](NC(=O)NC1CCCCNC(=O)C(COC(C)=O)NC(=O)[C@H](CCc2ccc(O)cc2)N(C)C(=O)[C@H](CCc2ccccc2)NC(=O)C(CCS(C)=O)NC1=O)C(=O)O. The number of amides is 7. The summed E-state index contributed by atoms with van der Waals surface area (Å²) in [7, 11) is -0.0367. The van der Waals surface area contributed by atoms with Crippen LogP contribution in [0.4, 0.5) is 4.79 Å². The number of nitrogens with zero attached hydrogens (tertiary/aromatic N) is 1.